The lowest BCUT2D eigenvalue weighted by atomic mass is 9.89. The van der Waals surface area contributed by atoms with E-state index in [-0.39, 0.29) is 69.2 Å². The van der Waals surface area contributed by atoms with Gasteiger partial charge in [0.2, 0.25) is 10.0 Å². The quantitative estimate of drug-likeness (QED) is 0.380. The van der Waals surface area contributed by atoms with E-state index in [0.29, 0.717) is 34.4 Å². The average molecular weight is 716 g/mol. The minimum Gasteiger partial charge on any atom is -0.490 e. The maximum absolute atomic E-state index is 14.2. The zero-order valence-electron chi connectivity index (χ0n) is 33.7. The van der Waals surface area contributed by atoms with Crippen molar-refractivity contribution in [1.82, 2.24) is 14.5 Å². The van der Waals surface area contributed by atoms with Crippen molar-refractivity contribution in [3.8, 4) is 5.75 Å². The van der Waals surface area contributed by atoms with Gasteiger partial charge >= 0.3 is 6.18 Å². The zero-order chi connectivity index (χ0) is 41.9. The van der Waals surface area contributed by atoms with Gasteiger partial charge in [-0.05, 0) is 106 Å². The highest BCUT2D eigenvalue weighted by molar-refractivity contribution is 7.92. The highest BCUT2D eigenvalue weighted by Crippen LogP contribution is 2.39. The molecule has 3 aliphatic rings. The number of hydrogen-bond donors (Lipinski definition) is 2. The van der Waals surface area contributed by atoms with E-state index in [9.17, 15) is 40.7 Å². The largest absolute Gasteiger partial charge is 0.490 e. The third kappa shape index (κ3) is 7.68. The molecule has 2 saturated heterocycles. The normalized spacial score (nSPS) is 22.7. The predicted octanol–water partition coefficient (Wildman–Crippen LogP) is 4.76. The van der Waals surface area contributed by atoms with Crippen LogP contribution in [-0.2, 0) is 21.0 Å². The summed E-state index contributed by atoms with van der Waals surface area (Å²) < 4.78 is 141. The van der Waals surface area contributed by atoms with E-state index in [1.165, 1.54) is 11.0 Å². The van der Waals surface area contributed by atoms with Gasteiger partial charge in [-0.15, -0.1) is 0 Å². The Morgan fingerprint density at radius 2 is 1.76 bits per heavy atom. The van der Waals surface area contributed by atoms with Crippen LogP contribution in [0.2, 0.25) is 0 Å². The van der Waals surface area contributed by atoms with Crippen LogP contribution in [0.4, 0.5) is 17.6 Å². The molecule has 0 unspecified atom stereocenters. The summed E-state index contributed by atoms with van der Waals surface area (Å²) in [6.45, 7) is -4.81. The summed E-state index contributed by atoms with van der Waals surface area (Å²) in [7, 11) is -4.06. The Labute approximate surface area is 292 Å². The van der Waals surface area contributed by atoms with Crippen LogP contribution in [-0.4, -0.2) is 90.5 Å². The number of amidine groups is 1. The monoisotopic (exact) mass is 715 g/mol. The summed E-state index contributed by atoms with van der Waals surface area (Å²) in [4.78, 5) is 32.2. The van der Waals surface area contributed by atoms with Crippen molar-refractivity contribution in [3.05, 3.63) is 69.1 Å². The van der Waals surface area contributed by atoms with E-state index >= 15 is 0 Å². The lowest BCUT2D eigenvalue weighted by molar-refractivity contribution is -0.139. The molecule has 3 heterocycles. The third-order valence-corrected chi connectivity index (χ3v) is 10.7. The molecule has 0 bridgehead atoms. The summed E-state index contributed by atoms with van der Waals surface area (Å²) in [5.74, 6) is -2.51. The Kier molecular flexibility index (Phi) is 7.68. The lowest BCUT2D eigenvalue weighted by Gasteiger charge is -2.36. The molecule has 0 aliphatic carbocycles. The number of rotatable bonds is 8. The predicted molar refractivity (Wildman–Crippen MR) is 175 cm³/mol. The lowest BCUT2D eigenvalue weighted by Crippen LogP contribution is -2.50. The second-order valence-corrected chi connectivity index (χ2v) is 14.3. The van der Waals surface area contributed by atoms with E-state index in [2.05, 4.69) is 10.3 Å². The molecule has 2 fully saturated rings. The van der Waals surface area contributed by atoms with Crippen LogP contribution in [0.25, 0.3) is 6.08 Å². The van der Waals surface area contributed by atoms with Crippen LogP contribution in [0.3, 0.4) is 0 Å². The van der Waals surface area contributed by atoms with Gasteiger partial charge in [0.15, 0.2) is 0 Å². The minimum absolute atomic E-state index is 0.109. The van der Waals surface area contributed by atoms with Gasteiger partial charge < -0.3 is 20.1 Å². The van der Waals surface area contributed by atoms with Crippen molar-refractivity contribution in [2.75, 3.05) is 32.9 Å². The number of amides is 2. The Hall–Kier alpha value is -3.82. The first-order chi connectivity index (χ1) is 25.7. The van der Waals surface area contributed by atoms with Gasteiger partial charge in [-0.1, -0.05) is 0 Å². The molecule has 0 aromatic heterocycles. The molecule has 1 spiro atoms. The number of aliphatic imine (C=N–C) groups is 1. The smallest absolute Gasteiger partial charge is 0.419 e. The van der Waals surface area contributed by atoms with Gasteiger partial charge in [0.25, 0.3) is 11.8 Å². The number of halogens is 4. The number of likely N-dealkylation sites (tertiary alicyclic amines) is 1. The molecule has 15 heteroatoms. The number of sulfonamides is 1. The fourth-order valence-corrected chi connectivity index (χ4v) is 7.42. The summed E-state index contributed by atoms with van der Waals surface area (Å²) in [5.41, 5.74) is -2.74. The topological polar surface area (TPSA) is 129 Å². The Morgan fingerprint density at radius 3 is 2.33 bits per heavy atom. The molecule has 0 atom stereocenters. The summed E-state index contributed by atoms with van der Waals surface area (Å²) in [6, 6.07) is 5.34. The summed E-state index contributed by atoms with van der Waals surface area (Å²) in [6.07, 6.45) is -7.62. The fraction of sp³-hybridized carbons (Fsp3) is 0.500. The fourth-order valence-electron chi connectivity index (χ4n) is 6.24. The second kappa shape index (κ2) is 13.5. The van der Waals surface area contributed by atoms with Gasteiger partial charge in [0.1, 0.15) is 23.8 Å². The van der Waals surface area contributed by atoms with Crippen molar-refractivity contribution in [3.63, 3.8) is 0 Å². The number of aryl methyl sites for hydroxylation is 2. The molecule has 5 rings (SSSR count). The SMILES string of the molecule is [2H]C([2H])([2H])C([2H])(Oc1ccc(C2=NC3(CCN(S(=O)(=O)/C=C/c4c(C)cc(C(=O)N5CCC(O)(CF)CC5)cc4C)CC3)C(=O)N2)cc1C(F)(F)F)C([2H])([2H])[2H]. The van der Waals surface area contributed by atoms with Crippen LogP contribution in [0.1, 0.15) is 87.2 Å². The van der Waals surface area contributed by atoms with Crippen molar-refractivity contribution in [1.29, 1.82) is 0 Å². The molecule has 2 N–H and O–H groups in total. The minimum atomic E-state index is -5.22. The van der Waals surface area contributed by atoms with E-state index in [1.54, 1.807) is 26.0 Å². The van der Waals surface area contributed by atoms with Crippen molar-refractivity contribution >= 4 is 33.7 Å². The van der Waals surface area contributed by atoms with Crippen molar-refractivity contribution in [2.45, 2.75) is 76.6 Å². The highest BCUT2D eigenvalue weighted by atomic mass is 32.2. The first-order valence-corrected chi connectivity index (χ1v) is 16.8. The molecule has 0 radical (unpaired) electrons. The van der Waals surface area contributed by atoms with Crippen LogP contribution in [0, 0.1) is 13.8 Å². The standard InChI is InChI=1S/C34H40F4N4O6S/c1-21(2)48-28-6-5-24(19-27(28)34(36,37)38)29-39-31(44)33(40-29)10-14-42(15-11-33)49(46,47)16-7-26-22(3)17-25(18-23(26)4)30(43)41-12-8-32(45,20-35)9-13-41/h5-7,16-19,21,45H,8-15,20H2,1-4H3,(H,39,40,44)/b16-7+/i1D3,2D3,21D. The van der Waals surface area contributed by atoms with E-state index in [0.717, 1.165) is 15.8 Å². The number of ether oxygens (including phenoxy) is 1. The maximum atomic E-state index is 14.2. The molecular weight excluding hydrogens is 668 g/mol. The number of nitrogens with zero attached hydrogens (tertiary/aromatic N) is 3. The summed E-state index contributed by atoms with van der Waals surface area (Å²) >= 11 is 0. The zero-order valence-corrected chi connectivity index (χ0v) is 27.5. The molecule has 10 nitrogen and oxygen atoms in total. The van der Waals surface area contributed by atoms with E-state index in [4.69, 9.17) is 14.3 Å². The van der Waals surface area contributed by atoms with Gasteiger partial charge in [-0.25, -0.2) is 12.8 Å². The van der Waals surface area contributed by atoms with Gasteiger partial charge in [0, 0.05) is 50.9 Å². The van der Waals surface area contributed by atoms with Crippen molar-refractivity contribution in [2.24, 2.45) is 4.99 Å². The molecule has 2 amide bonds. The molecule has 3 aliphatic heterocycles. The van der Waals surface area contributed by atoms with Gasteiger partial charge in [-0.3, -0.25) is 14.6 Å². The average Bonchev–Trinajstić information content (AvgIpc) is 3.41. The van der Waals surface area contributed by atoms with Crippen LogP contribution >= 0.6 is 0 Å². The number of alkyl halides is 4. The molecule has 2 aromatic rings. The Morgan fingerprint density at radius 1 is 1.12 bits per heavy atom. The van der Waals surface area contributed by atoms with Crippen LogP contribution in [0.5, 0.6) is 5.75 Å². The second-order valence-electron chi connectivity index (χ2n) is 12.5. The first kappa shape index (κ1) is 27.9. The number of carbonyl (C=O) groups excluding carboxylic acids is 2. The number of hydrogen-bond acceptors (Lipinski definition) is 7. The van der Waals surface area contributed by atoms with Crippen LogP contribution in [0.15, 0.2) is 40.7 Å². The Bertz CT molecular complexity index is 2020. The maximum Gasteiger partial charge on any atom is 0.419 e. The molecule has 49 heavy (non-hydrogen) atoms. The van der Waals surface area contributed by atoms with Crippen molar-refractivity contribution < 1.29 is 55.0 Å². The van der Waals surface area contributed by atoms with Crippen LogP contribution < -0.4 is 10.1 Å². The summed E-state index contributed by atoms with van der Waals surface area (Å²) in [5, 5.41) is 13.6. The number of aliphatic hydroxyl groups is 1. The number of piperidine rings is 2. The Balaban J connectivity index is 1.30. The molecular formula is C34H40F4N4O6S. The highest BCUT2D eigenvalue weighted by Gasteiger charge is 2.48. The van der Waals surface area contributed by atoms with E-state index < -0.39 is 71.0 Å². The van der Waals surface area contributed by atoms with Gasteiger partial charge in [-0.2, -0.15) is 17.5 Å². The molecule has 266 valence electrons. The number of carbonyl (C=O) groups is 2. The molecule has 2 aromatic carbocycles. The number of nitrogens with one attached hydrogen (secondary N) is 1. The van der Waals surface area contributed by atoms with Gasteiger partial charge in [0.05, 0.1) is 18.6 Å². The first-order valence-electron chi connectivity index (χ1n) is 18.8. The third-order valence-electron chi connectivity index (χ3n) is 9.14. The molecule has 0 saturated carbocycles. The van der Waals surface area contributed by atoms with E-state index in [1.807, 2.05) is 0 Å². The number of benzene rings is 2.